The average molecular weight is 345 g/mol. The molecule has 0 bridgehead atoms. The molecule has 0 unspecified atom stereocenters. The topological polar surface area (TPSA) is 110 Å². The highest BCUT2D eigenvalue weighted by atomic mass is 32.1. The van der Waals surface area contributed by atoms with Gasteiger partial charge < -0.3 is 15.2 Å². The maximum absolute atomic E-state index is 12.4. The minimum atomic E-state index is -1.38. The van der Waals surface area contributed by atoms with Gasteiger partial charge in [0, 0.05) is 18.0 Å². The minimum Gasteiger partial charge on any atom is -0.497 e. The third-order valence-electron chi connectivity index (χ3n) is 3.20. The zero-order chi connectivity index (χ0) is 17.3. The van der Waals surface area contributed by atoms with E-state index in [2.05, 4.69) is 10.3 Å². The molecule has 8 nitrogen and oxygen atoms in total. The molecule has 2 N–H and O–H groups in total. The van der Waals surface area contributed by atoms with E-state index in [1.165, 1.54) is 13.3 Å². The van der Waals surface area contributed by atoms with E-state index in [1.54, 1.807) is 24.3 Å². The van der Waals surface area contributed by atoms with Crippen LogP contribution >= 0.6 is 11.3 Å². The number of rotatable bonds is 4. The summed E-state index contributed by atoms with van der Waals surface area (Å²) in [6.45, 7) is 0. The number of fused-ring (bicyclic) bond motifs is 1. The minimum absolute atomic E-state index is 0.103. The highest BCUT2D eigenvalue weighted by Gasteiger charge is 2.25. The van der Waals surface area contributed by atoms with Crippen molar-refractivity contribution in [3.05, 3.63) is 57.5 Å². The summed E-state index contributed by atoms with van der Waals surface area (Å²) in [5, 5.41) is 12.0. The molecule has 0 aliphatic carbocycles. The van der Waals surface area contributed by atoms with Gasteiger partial charge in [0.25, 0.3) is 11.5 Å². The molecule has 1 aromatic carbocycles. The van der Waals surface area contributed by atoms with Crippen molar-refractivity contribution in [2.75, 3.05) is 12.4 Å². The molecule has 0 saturated heterocycles. The fraction of sp³-hybridized carbons (Fsp3) is 0.0667. The number of carboxylic acid groups (broad SMARTS) is 1. The van der Waals surface area contributed by atoms with Crippen LogP contribution in [0.3, 0.4) is 0 Å². The van der Waals surface area contributed by atoms with Crippen molar-refractivity contribution < 1.29 is 19.4 Å². The first-order valence-corrected chi connectivity index (χ1v) is 7.52. The summed E-state index contributed by atoms with van der Waals surface area (Å²) >= 11 is 0.836. The van der Waals surface area contributed by atoms with Crippen molar-refractivity contribution in [1.29, 1.82) is 0 Å². The second-order valence-corrected chi connectivity index (χ2v) is 5.65. The lowest BCUT2D eigenvalue weighted by atomic mass is 10.3. The average Bonchev–Trinajstić information content (AvgIpc) is 2.97. The molecule has 1 amide bonds. The monoisotopic (exact) mass is 345 g/mol. The van der Waals surface area contributed by atoms with Gasteiger partial charge in [0.05, 0.1) is 7.11 Å². The predicted molar refractivity (Wildman–Crippen MR) is 87.2 cm³/mol. The van der Waals surface area contributed by atoms with E-state index in [0.29, 0.717) is 11.4 Å². The van der Waals surface area contributed by atoms with Crippen LogP contribution in [-0.2, 0) is 0 Å². The smallest absolute Gasteiger partial charge is 0.354 e. The van der Waals surface area contributed by atoms with E-state index >= 15 is 0 Å². The normalized spacial score (nSPS) is 10.5. The molecule has 2 aromatic heterocycles. The van der Waals surface area contributed by atoms with Gasteiger partial charge in [-0.25, -0.2) is 14.2 Å². The number of methoxy groups -OCH3 is 1. The number of ether oxygens (including phenoxy) is 1. The fourth-order valence-electron chi connectivity index (χ4n) is 2.12. The van der Waals surface area contributed by atoms with Crippen molar-refractivity contribution in [3.8, 4) is 5.75 Å². The molecule has 3 aromatic rings. The van der Waals surface area contributed by atoms with Gasteiger partial charge >= 0.3 is 5.97 Å². The van der Waals surface area contributed by atoms with Crippen LogP contribution in [0, 0.1) is 0 Å². The molecule has 0 saturated carbocycles. The van der Waals surface area contributed by atoms with Gasteiger partial charge in [-0.3, -0.25) is 9.59 Å². The first kappa shape index (κ1) is 15.7. The van der Waals surface area contributed by atoms with E-state index in [-0.39, 0.29) is 9.84 Å². The lowest BCUT2D eigenvalue weighted by Crippen LogP contribution is -2.20. The Labute approximate surface area is 139 Å². The predicted octanol–water partition coefficient (Wildman–Crippen LogP) is 1.72. The number of thiazole rings is 1. The highest BCUT2D eigenvalue weighted by Crippen LogP contribution is 2.23. The molecular formula is C15H11N3O5S. The zero-order valence-electron chi connectivity index (χ0n) is 12.3. The molecule has 0 spiro atoms. The number of aromatic carboxylic acids is 1. The van der Waals surface area contributed by atoms with Crippen LogP contribution in [0.2, 0.25) is 0 Å². The van der Waals surface area contributed by atoms with Gasteiger partial charge in [-0.2, -0.15) is 0 Å². The van der Waals surface area contributed by atoms with Gasteiger partial charge in [0.15, 0.2) is 10.7 Å². The first-order chi connectivity index (χ1) is 11.5. The molecule has 0 aliphatic heterocycles. The number of carboxylic acids is 1. The first-order valence-electron chi connectivity index (χ1n) is 6.70. The number of hydrogen-bond acceptors (Lipinski definition) is 6. The van der Waals surface area contributed by atoms with Gasteiger partial charge in [-0.05, 0) is 24.3 Å². The van der Waals surface area contributed by atoms with Crippen molar-refractivity contribution >= 4 is 33.9 Å². The standard InChI is InChI=1S/C15H11N3O5S/c1-23-9-4-2-8(3-5-9)17-13(20)12-11(14(21)22)18-10(19)6-7-16-15(18)24-12/h2-7H,1H3,(H,17,20)(H,21,22). The van der Waals surface area contributed by atoms with E-state index < -0.39 is 23.1 Å². The van der Waals surface area contributed by atoms with E-state index in [1.807, 2.05) is 0 Å². The highest BCUT2D eigenvalue weighted by molar-refractivity contribution is 7.19. The molecule has 9 heteroatoms. The number of aromatic nitrogens is 2. The van der Waals surface area contributed by atoms with Gasteiger partial charge in [0.1, 0.15) is 10.6 Å². The third-order valence-corrected chi connectivity index (χ3v) is 4.26. The van der Waals surface area contributed by atoms with E-state index in [9.17, 15) is 19.5 Å². The number of nitrogens with zero attached hydrogens (tertiary/aromatic N) is 2. The summed E-state index contributed by atoms with van der Waals surface area (Å²) in [6, 6.07) is 7.69. The molecule has 2 heterocycles. The molecule has 0 atom stereocenters. The Morgan fingerprint density at radius 3 is 2.58 bits per heavy atom. The molecule has 0 aliphatic rings. The number of carbonyl (C=O) groups excluding carboxylic acids is 1. The molecule has 122 valence electrons. The number of carbonyl (C=O) groups is 2. The Balaban J connectivity index is 2.03. The van der Waals surface area contributed by atoms with Gasteiger partial charge in [-0.1, -0.05) is 11.3 Å². The number of hydrogen-bond donors (Lipinski definition) is 2. The SMILES string of the molecule is COc1ccc(NC(=O)c2sc3nccc(=O)n3c2C(=O)O)cc1. The van der Waals surface area contributed by atoms with Crippen LogP contribution in [0.4, 0.5) is 5.69 Å². The van der Waals surface area contributed by atoms with Crippen LogP contribution in [-0.4, -0.2) is 33.5 Å². The summed E-state index contributed by atoms with van der Waals surface area (Å²) in [5.41, 5.74) is -0.494. The summed E-state index contributed by atoms with van der Waals surface area (Å²) < 4.78 is 5.94. The number of amides is 1. The molecule has 0 radical (unpaired) electrons. The van der Waals surface area contributed by atoms with Crippen LogP contribution in [0.25, 0.3) is 4.96 Å². The third kappa shape index (κ3) is 2.72. The maximum Gasteiger partial charge on any atom is 0.354 e. The van der Waals surface area contributed by atoms with Crippen LogP contribution in [0.1, 0.15) is 20.2 Å². The maximum atomic E-state index is 12.4. The second-order valence-electron chi connectivity index (χ2n) is 4.67. The lowest BCUT2D eigenvalue weighted by Gasteiger charge is -2.05. The zero-order valence-corrected chi connectivity index (χ0v) is 13.2. The van der Waals surface area contributed by atoms with E-state index in [0.717, 1.165) is 21.8 Å². The largest absolute Gasteiger partial charge is 0.497 e. The van der Waals surface area contributed by atoms with Crippen molar-refractivity contribution in [3.63, 3.8) is 0 Å². The Morgan fingerprint density at radius 2 is 1.96 bits per heavy atom. The summed E-state index contributed by atoms with van der Waals surface area (Å²) in [7, 11) is 1.52. The number of anilines is 1. The Kier molecular flexibility index (Phi) is 4.00. The molecule has 3 rings (SSSR count). The molecule has 0 fully saturated rings. The van der Waals surface area contributed by atoms with Crippen LogP contribution < -0.4 is 15.6 Å². The van der Waals surface area contributed by atoms with E-state index in [4.69, 9.17) is 4.74 Å². The van der Waals surface area contributed by atoms with Gasteiger partial charge in [0.2, 0.25) is 0 Å². The number of benzene rings is 1. The Bertz CT molecular complexity index is 991. The Hall–Kier alpha value is -3.20. The summed E-state index contributed by atoms with van der Waals surface area (Å²) in [4.78, 5) is 39.8. The van der Waals surface area contributed by atoms with Crippen molar-refractivity contribution in [1.82, 2.24) is 9.38 Å². The Morgan fingerprint density at radius 1 is 1.25 bits per heavy atom. The van der Waals surface area contributed by atoms with Crippen LogP contribution in [0.5, 0.6) is 5.75 Å². The van der Waals surface area contributed by atoms with Crippen molar-refractivity contribution in [2.24, 2.45) is 0 Å². The summed E-state index contributed by atoms with van der Waals surface area (Å²) in [6.07, 6.45) is 1.27. The van der Waals surface area contributed by atoms with Crippen LogP contribution in [0.15, 0.2) is 41.3 Å². The van der Waals surface area contributed by atoms with Crippen molar-refractivity contribution in [2.45, 2.75) is 0 Å². The van der Waals surface area contributed by atoms with Gasteiger partial charge in [-0.15, -0.1) is 0 Å². The quantitative estimate of drug-likeness (QED) is 0.745. The molecular weight excluding hydrogens is 334 g/mol. The molecule has 24 heavy (non-hydrogen) atoms. The fourth-order valence-corrected chi connectivity index (χ4v) is 3.11. The lowest BCUT2D eigenvalue weighted by molar-refractivity contribution is 0.0685. The number of nitrogens with one attached hydrogen (secondary N) is 1. The second kappa shape index (κ2) is 6.13. The summed E-state index contributed by atoms with van der Waals surface area (Å²) in [5.74, 6) is -1.39.